The van der Waals surface area contributed by atoms with Crippen molar-refractivity contribution in [1.29, 1.82) is 0 Å². The highest BCUT2D eigenvalue weighted by atomic mass is 32.2. The minimum atomic E-state index is -0.333. The van der Waals surface area contributed by atoms with Crippen LogP contribution in [0.3, 0.4) is 0 Å². The van der Waals surface area contributed by atoms with E-state index in [1.165, 1.54) is 20.0 Å². The van der Waals surface area contributed by atoms with Crippen LogP contribution in [0.15, 0.2) is 24.3 Å². The predicted molar refractivity (Wildman–Crippen MR) is 98.1 cm³/mol. The molecule has 1 N–H and O–H groups in total. The Morgan fingerprint density at radius 2 is 2.08 bits per heavy atom. The Balaban J connectivity index is 1.77. The number of methoxy groups -OCH3 is 1. The largest absolute Gasteiger partial charge is 0.465 e. The third-order valence-electron chi connectivity index (χ3n) is 4.90. The number of ether oxygens (including phenoxy) is 1. The molecule has 0 aromatic heterocycles. The van der Waals surface area contributed by atoms with Gasteiger partial charge in [-0.2, -0.15) is 0 Å². The van der Waals surface area contributed by atoms with E-state index < -0.39 is 0 Å². The quantitative estimate of drug-likeness (QED) is 0.797. The molecule has 0 unspecified atom stereocenters. The number of rotatable bonds is 6. The Kier molecular flexibility index (Phi) is 7.16. The highest BCUT2D eigenvalue weighted by molar-refractivity contribution is 7.99. The number of carbonyl (C=O) groups excluding carboxylic acids is 2. The number of amides is 1. The van der Waals surface area contributed by atoms with E-state index in [2.05, 4.69) is 19.2 Å². The molecule has 1 aromatic rings. The van der Waals surface area contributed by atoms with Crippen molar-refractivity contribution in [3.63, 3.8) is 0 Å². The van der Waals surface area contributed by atoms with Gasteiger partial charge in [-0.15, -0.1) is 11.8 Å². The lowest BCUT2D eigenvalue weighted by atomic mass is 9.78. The molecule has 0 saturated heterocycles. The van der Waals surface area contributed by atoms with Gasteiger partial charge in [0.25, 0.3) is 0 Å². The van der Waals surface area contributed by atoms with E-state index in [-0.39, 0.29) is 11.9 Å². The maximum Gasteiger partial charge on any atom is 0.337 e. The van der Waals surface area contributed by atoms with Crippen LogP contribution in [-0.2, 0) is 15.3 Å². The molecule has 1 aliphatic carbocycles. The van der Waals surface area contributed by atoms with Gasteiger partial charge in [0.1, 0.15) is 0 Å². The van der Waals surface area contributed by atoms with Crippen LogP contribution in [0.5, 0.6) is 0 Å². The van der Waals surface area contributed by atoms with Gasteiger partial charge >= 0.3 is 5.97 Å². The van der Waals surface area contributed by atoms with Crippen LogP contribution in [-0.4, -0.2) is 30.8 Å². The summed E-state index contributed by atoms with van der Waals surface area (Å²) in [5.74, 6) is 2.15. The molecular weight excluding hydrogens is 322 g/mol. The van der Waals surface area contributed by atoms with Crippen LogP contribution < -0.4 is 5.32 Å². The first-order valence-electron chi connectivity index (χ1n) is 8.55. The van der Waals surface area contributed by atoms with Gasteiger partial charge in [-0.05, 0) is 36.0 Å². The van der Waals surface area contributed by atoms with Crippen molar-refractivity contribution in [3.8, 4) is 0 Å². The van der Waals surface area contributed by atoms with Gasteiger partial charge in [0.15, 0.2) is 0 Å². The Labute approximate surface area is 148 Å². The summed E-state index contributed by atoms with van der Waals surface area (Å²) < 4.78 is 4.73. The summed E-state index contributed by atoms with van der Waals surface area (Å²) in [6.07, 6.45) is 3.55. The zero-order valence-corrected chi connectivity index (χ0v) is 15.5. The number of benzene rings is 1. The molecule has 0 heterocycles. The molecule has 0 aliphatic heterocycles. The van der Waals surface area contributed by atoms with E-state index >= 15 is 0 Å². The maximum atomic E-state index is 12.2. The highest BCUT2D eigenvalue weighted by Crippen LogP contribution is 2.29. The fourth-order valence-electron chi connectivity index (χ4n) is 3.20. The number of thioether (sulfide) groups is 1. The summed E-state index contributed by atoms with van der Waals surface area (Å²) in [6, 6.07) is 7.67. The molecule has 2 rings (SSSR count). The van der Waals surface area contributed by atoms with Crippen molar-refractivity contribution in [1.82, 2.24) is 5.32 Å². The first-order chi connectivity index (χ1) is 11.5. The summed E-state index contributed by atoms with van der Waals surface area (Å²) in [7, 11) is 1.38. The first-order valence-corrected chi connectivity index (χ1v) is 9.71. The van der Waals surface area contributed by atoms with Gasteiger partial charge in [0, 0.05) is 11.8 Å². The smallest absolute Gasteiger partial charge is 0.337 e. The third-order valence-corrected chi connectivity index (χ3v) is 5.91. The second-order valence-electron chi connectivity index (χ2n) is 6.63. The molecule has 24 heavy (non-hydrogen) atoms. The predicted octanol–water partition coefficient (Wildman–Crippen LogP) is 3.65. The molecule has 1 amide bonds. The topological polar surface area (TPSA) is 55.4 Å². The van der Waals surface area contributed by atoms with Gasteiger partial charge in [0.05, 0.1) is 18.4 Å². The Morgan fingerprint density at radius 3 is 2.83 bits per heavy atom. The SMILES string of the molecule is COC(=O)c1cccc(CSCC(=O)N[C@@H]2CCC[C@@H](C)[C@H]2C)c1. The van der Waals surface area contributed by atoms with Crippen molar-refractivity contribution >= 4 is 23.6 Å². The van der Waals surface area contributed by atoms with E-state index in [0.29, 0.717) is 34.9 Å². The second-order valence-corrected chi connectivity index (χ2v) is 7.61. The monoisotopic (exact) mass is 349 g/mol. The highest BCUT2D eigenvalue weighted by Gasteiger charge is 2.27. The summed E-state index contributed by atoms with van der Waals surface area (Å²) in [5, 5.41) is 3.19. The van der Waals surface area contributed by atoms with Crippen molar-refractivity contribution < 1.29 is 14.3 Å². The summed E-state index contributed by atoms with van der Waals surface area (Å²) in [6.45, 7) is 4.51. The fourth-order valence-corrected chi connectivity index (χ4v) is 3.99. The molecule has 0 radical (unpaired) electrons. The van der Waals surface area contributed by atoms with Crippen LogP contribution >= 0.6 is 11.8 Å². The average molecular weight is 349 g/mol. The maximum absolute atomic E-state index is 12.2. The lowest BCUT2D eigenvalue weighted by Gasteiger charge is -2.34. The van der Waals surface area contributed by atoms with Crippen LogP contribution in [0.2, 0.25) is 0 Å². The van der Waals surface area contributed by atoms with Crippen LogP contribution in [0, 0.1) is 11.8 Å². The van der Waals surface area contributed by atoms with Crippen molar-refractivity contribution in [2.24, 2.45) is 11.8 Å². The minimum Gasteiger partial charge on any atom is -0.465 e. The molecular formula is C19H27NO3S. The summed E-state index contributed by atoms with van der Waals surface area (Å²) in [4.78, 5) is 23.7. The molecule has 0 spiro atoms. The van der Waals surface area contributed by atoms with Gasteiger partial charge in [0.2, 0.25) is 5.91 Å². The number of nitrogens with one attached hydrogen (secondary N) is 1. The molecule has 1 aliphatic rings. The van der Waals surface area contributed by atoms with Gasteiger partial charge in [-0.1, -0.05) is 38.8 Å². The van der Waals surface area contributed by atoms with Gasteiger partial charge < -0.3 is 10.1 Å². The molecule has 5 heteroatoms. The minimum absolute atomic E-state index is 0.107. The Bertz CT molecular complexity index is 575. The van der Waals surface area contributed by atoms with E-state index in [0.717, 1.165) is 12.0 Å². The van der Waals surface area contributed by atoms with E-state index in [1.54, 1.807) is 17.8 Å². The van der Waals surface area contributed by atoms with E-state index in [1.807, 2.05) is 18.2 Å². The average Bonchev–Trinajstić information content (AvgIpc) is 2.58. The van der Waals surface area contributed by atoms with Gasteiger partial charge in [-0.3, -0.25) is 4.79 Å². The zero-order valence-electron chi connectivity index (χ0n) is 14.7. The lowest BCUT2D eigenvalue weighted by Crippen LogP contribution is -2.44. The molecule has 4 nitrogen and oxygen atoms in total. The molecule has 132 valence electrons. The summed E-state index contributed by atoms with van der Waals surface area (Å²) >= 11 is 1.57. The fraction of sp³-hybridized carbons (Fsp3) is 0.579. The van der Waals surface area contributed by atoms with Crippen molar-refractivity contribution in [3.05, 3.63) is 35.4 Å². The second kappa shape index (κ2) is 9.11. The lowest BCUT2D eigenvalue weighted by molar-refractivity contribution is -0.120. The normalized spacial score (nSPS) is 23.5. The van der Waals surface area contributed by atoms with Crippen LogP contribution in [0.1, 0.15) is 49.0 Å². The Morgan fingerprint density at radius 1 is 1.29 bits per heavy atom. The number of esters is 1. The Hall–Kier alpha value is -1.49. The number of hydrogen-bond acceptors (Lipinski definition) is 4. The molecule has 1 aromatic carbocycles. The number of hydrogen-bond donors (Lipinski definition) is 1. The first kappa shape index (κ1) is 18.8. The molecule has 3 atom stereocenters. The zero-order chi connectivity index (χ0) is 17.5. The third kappa shape index (κ3) is 5.26. The number of carbonyl (C=O) groups is 2. The molecule has 1 fully saturated rings. The summed E-state index contributed by atoms with van der Waals surface area (Å²) in [5.41, 5.74) is 1.57. The van der Waals surface area contributed by atoms with E-state index in [9.17, 15) is 9.59 Å². The molecule has 1 saturated carbocycles. The van der Waals surface area contributed by atoms with Crippen LogP contribution in [0.4, 0.5) is 0 Å². The standard InChI is InChI=1S/C19H27NO3S/c1-13-6-4-9-17(14(13)2)20-18(21)12-24-11-15-7-5-8-16(10-15)19(22)23-3/h5,7-8,10,13-14,17H,4,6,9,11-12H2,1-3H3,(H,20,21)/t13-,14-,17-/m1/s1. The van der Waals surface area contributed by atoms with Crippen molar-refractivity contribution in [2.75, 3.05) is 12.9 Å². The van der Waals surface area contributed by atoms with Crippen molar-refractivity contribution in [2.45, 2.75) is 44.9 Å². The van der Waals surface area contributed by atoms with Crippen LogP contribution in [0.25, 0.3) is 0 Å². The van der Waals surface area contributed by atoms with Gasteiger partial charge in [-0.25, -0.2) is 4.79 Å². The molecule has 0 bridgehead atoms. The van der Waals surface area contributed by atoms with E-state index in [4.69, 9.17) is 4.74 Å².